The quantitative estimate of drug-likeness (QED) is 0.234. The fourth-order valence-corrected chi connectivity index (χ4v) is 3.47. The van der Waals surface area contributed by atoms with Crippen LogP contribution in [0.2, 0.25) is 0 Å². The first-order chi connectivity index (χ1) is 14.7. The first-order valence-electron chi connectivity index (χ1n) is 10.5. The number of halogens is 2. The predicted molar refractivity (Wildman–Crippen MR) is 122 cm³/mol. The summed E-state index contributed by atoms with van der Waals surface area (Å²) in [5, 5.41) is 0. The zero-order valence-corrected chi connectivity index (χ0v) is 18.1. The summed E-state index contributed by atoms with van der Waals surface area (Å²) in [5.74, 6) is 2.01. The lowest BCUT2D eigenvalue weighted by Crippen LogP contribution is -2.03. The Morgan fingerprint density at radius 2 is 1.60 bits per heavy atom. The normalized spacial score (nSPS) is 10.8. The molecule has 0 atom stereocenters. The number of aryl methyl sites for hydroxylation is 1. The lowest BCUT2D eigenvalue weighted by Gasteiger charge is -2.18. The van der Waals surface area contributed by atoms with Gasteiger partial charge in [-0.15, -0.1) is 11.6 Å². The summed E-state index contributed by atoms with van der Waals surface area (Å²) in [6.07, 6.45) is 3.86. The van der Waals surface area contributed by atoms with Crippen molar-refractivity contribution in [2.75, 3.05) is 12.5 Å². The Hall–Kier alpha value is -2.52. The molecule has 4 heteroatoms. The minimum atomic E-state index is -0.252. The molecule has 2 nitrogen and oxygen atoms in total. The van der Waals surface area contributed by atoms with Crippen molar-refractivity contribution in [3.8, 4) is 22.6 Å². The van der Waals surface area contributed by atoms with Gasteiger partial charge >= 0.3 is 0 Å². The number of unbranched alkanes of at least 4 members (excludes halogenated alkanes) is 2. The van der Waals surface area contributed by atoms with Crippen LogP contribution >= 0.6 is 11.6 Å². The third kappa shape index (κ3) is 6.24. The van der Waals surface area contributed by atoms with Crippen LogP contribution in [0.15, 0.2) is 66.7 Å². The lowest BCUT2D eigenvalue weighted by molar-refractivity contribution is 0.289. The molecule has 0 heterocycles. The Labute approximate surface area is 183 Å². The lowest BCUT2D eigenvalue weighted by atomic mass is 9.99. The zero-order valence-electron chi connectivity index (χ0n) is 17.4. The highest BCUT2D eigenvalue weighted by atomic mass is 35.5. The Kier molecular flexibility index (Phi) is 8.58. The molecule has 0 amide bonds. The van der Waals surface area contributed by atoms with Crippen LogP contribution in [-0.4, -0.2) is 12.5 Å². The summed E-state index contributed by atoms with van der Waals surface area (Å²) in [7, 11) is 0. The summed E-state index contributed by atoms with van der Waals surface area (Å²) in [6.45, 7) is 3.21. The van der Waals surface area contributed by atoms with Crippen LogP contribution in [0.3, 0.4) is 0 Å². The molecule has 3 aromatic rings. The fraction of sp³-hybridized carbons (Fsp3) is 0.308. The van der Waals surface area contributed by atoms with Crippen molar-refractivity contribution in [2.24, 2.45) is 0 Å². The van der Waals surface area contributed by atoms with E-state index < -0.39 is 0 Å². The Balaban J connectivity index is 1.87. The highest BCUT2D eigenvalue weighted by molar-refractivity contribution is 6.17. The van der Waals surface area contributed by atoms with Gasteiger partial charge in [0.05, 0.1) is 6.61 Å². The zero-order chi connectivity index (χ0) is 21.2. The number of benzene rings is 3. The molecule has 3 aromatic carbocycles. The van der Waals surface area contributed by atoms with E-state index >= 15 is 0 Å². The maximum absolute atomic E-state index is 13.5. The molecule has 0 bridgehead atoms. The van der Waals surface area contributed by atoms with E-state index in [0.29, 0.717) is 19.1 Å². The van der Waals surface area contributed by atoms with Gasteiger partial charge in [-0.3, -0.25) is 0 Å². The van der Waals surface area contributed by atoms with Gasteiger partial charge in [0.25, 0.3) is 0 Å². The monoisotopic (exact) mass is 426 g/mol. The van der Waals surface area contributed by atoms with Crippen molar-refractivity contribution in [1.29, 1.82) is 0 Å². The molecule has 0 radical (unpaired) electrons. The highest BCUT2D eigenvalue weighted by Gasteiger charge is 2.14. The van der Waals surface area contributed by atoms with Gasteiger partial charge < -0.3 is 9.47 Å². The van der Waals surface area contributed by atoms with Crippen LogP contribution in [0, 0.1) is 5.82 Å². The van der Waals surface area contributed by atoms with Crippen LogP contribution in [0.4, 0.5) is 4.39 Å². The Morgan fingerprint density at radius 1 is 0.833 bits per heavy atom. The van der Waals surface area contributed by atoms with Crippen LogP contribution in [0.1, 0.15) is 37.3 Å². The summed E-state index contributed by atoms with van der Waals surface area (Å²) < 4.78 is 25.7. The largest absolute Gasteiger partial charge is 0.493 e. The van der Waals surface area contributed by atoms with Gasteiger partial charge in [0, 0.05) is 17.5 Å². The van der Waals surface area contributed by atoms with E-state index in [1.807, 2.05) is 36.4 Å². The number of hydrogen-bond donors (Lipinski definition) is 0. The first-order valence-corrected chi connectivity index (χ1v) is 11.0. The molecule has 0 unspecified atom stereocenters. The molecule has 0 aliphatic heterocycles. The summed E-state index contributed by atoms with van der Waals surface area (Å²) in [5.41, 5.74) is 4.06. The highest BCUT2D eigenvalue weighted by Crippen LogP contribution is 2.37. The summed E-state index contributed by atoms with van der Waals surface area (Å²) in [4.78, 5) is 0. The molecule has 0 aliphatic carbocycles. The molecule has 0 saturated heterocycles. The predicted octanol–water partition coefficient (Wildman–Crippen LogP) is 7.42. The molecule has 0 aromatic heterocycles. The average Bonchev–Trinajstić information content (AvgIpc) is 2.79. The molecule has 0 fully saturated rings. The molecule has 158 valence electrons. The molecule has 30 heavy (non-hydrogen) atoms. The average molecular weight is 427 g/mol. The summed E-state index contributed by atoms with van der Waals surface area (Å²) >= 11 is 5.76. The second-order valence-electron chi connectivity index (χ2n) is 7.19. The minimum Gasteiger partial charge on any atom is -0.493 e. The minimum absolute atomic E-state index is 0.252. The van der Waals surface area contributed by atoms with E-state index in [1.54, 1.807) is 12.1 Å². The van der Waals surface area contributed by atoms with E-state index in [0.717, 1.165) is 59.4 Å². The summed E-state index contributed by atoms with van der Waals surface area (Å²) in [6, 6.07) is 20.6. The van der Waals surface area contributed by atoms with Gasteiger partial charge in [-0.1, -0.05) is 49.4 Å². The molecule has 0 N–H and O–H groups in total. The Bertz CT molecular complexity index is 910. The second-order valence-corrected chi connectivity index (χ2v) is 7.57. The van der Waals surface area contributed by atoms with E-state index in [4.69, 9.17) is 21.1 Å². The van der Waals surface area contributed by atoms with Crippen LogP contribution in [-0.2, 0) is 13.0 Å². The number of hydrogen-bond acceptors (Lipinski definition) is 2. The smallest absolute Gasteiger partial charge is 0.131 e. The van der Waals surface area contributed by atoms with Crippen LogP contribution < -0.4 is 9.47 Å². The van der Waals surface area contributed by atoms with Gasteiger partial charge in [-0.05, 0) is 60.6 Å². The Morgan fingerprint density at radius 3 is 2.30 bits per heavy atom. The third-order valence-corrected chi connectivity index (χ3v) is 5.24. The van der Waals surface area contributed by atoms with Gasteiger partial charge in [-0.25, -0.2) is 4.39 Å². The maximum Gasteiger partial charge on any atom is 0.131 e. The third-order valence-electron chi connectivity index (χ3n) is 4.97. The van der Waals surface area contributed by atoms with Gasteiger partial charge in [0.15, 0.2) is 0 Å². The van der Waals surface area contributed by atoms with E-state index in [-0.39, 0.29) is 5.82 Å². The molecule has 0 saturated carbocycles. The van der Waals surface area contributed by atoms with Gasteiger partial charge in [0.2, 0.25) is 0 Å². The van der Waals surface area contributed by atoms with Crippen molar-refractivity contribution >= 4 is 11.6 Å². The van der Waals surface area contributed by atoms with Gasteiger partial charge in [-0.2, -0.15) is 0 Å². The number of alkyl halides is 1. The van der Waals surface area contributed by atoms with Crippen molar-refractivity contribution < 1.29 is 13.9 Å². The first kappa shape index (κ1) is 22.2. The van der Waals surface area contributed by atoms with Crippen molar-refractivity contribution in [3.05, 3.63) is 83.7 Å². The second kappa shape index (κ2) is 11.6. The molecule has 0 spiro atoms. The van der Waals surface area contributed by atoms with Crippen molar-refractivity contribution in [1.82, 2.24) is 0 Å². The number of rotatable bonds is 11. The van der Waals surface area contributed by atoms with E-state index in [1.165, 1.54) is 12.1 Å². The van der Waals surface area contributed by atoms with Crippen molar-refractivity contribution in [3.63, 3.8) is 0 Å². The van der Waals surface area contributed by atoms with Gasteiger partial charge in [0.1, 0.15) is 23.9 Å². The molecule has 0 aliphatic rings. The SMILES string of the molecule is CCc1cc(-c2ccc(F)cc2)c(OCc2ccccc2)cc1OCCCCCCl. The maximum atomic E-state index is 13.5. The van der Waals surface area contributed by atoms with Crippen LogP contribution in [0.25, 0.3) is 11.1 Å². The topological polar surface area (TPSA) is 18.5 Å². The molecular weight excluding hydrogens is 399 g/mol. The van der Waals surface area contributed by atoms with Crippen molar-refractivity contribution in [2.45, 2.75) is 39.2 Å². The van der Waals surface area contributed by atoms with E-state index in [9.17, 15) is 4.39 Å². The standard InChI is InChI=1S/C26H28ClFO2/c1-2-21-17-24(22-11-13-23(28)14-12-22)26(30-19-20-9-5-3-6-10-20)18-25(21)29-16-8-4-7-15-27/h3,5-6,9-14,17-18H,2,4,7-8,15-16,19H2,1H3. The molecular formula is C26H28ClFO2. The number of ether oxygens (including phenoxy) is 2. The fourth-order valence-electron chi connectivity index (χ4n) is 3.28. The van der Waals surface area contributed by atoms with Crippen LogP contribution in [0.5, 0.6) is 11.5 Å². The molecule has 3 rings (SSSR count). The van der Waals surface area contributed by atoms with E-state index in [2.05, 4.69) is 13.0 Å².